The number of nitrogens with zero attached hydrogens (tertiary/aromatic N) is 2. The molecule has 19 heavy (non-hydrogen) atoms. The number of amides is 1. The Morgan fingerprint density at radius 3 is 3.00 bits per heavy atom. The zero-order chi connectivity index (χ0) is 13.7. The van der Waals surface area contributed by atoms with Crippen LogP contribution < -0.4 is 5.32 Å². The smallest absolute Gasteiger partial charge is 0.313 e. The predicted octanol–water partition coefficient (Wildman–Crippen LogP) is 1.12. The number of carbonyl (C=O) groups is 2. The van der Waals surface area contributed by atoms with Crippen LogP contribution in [0.1, 0.15) is 25.7 Å². The highest BCUT2D eigenvalue weighted by Crippen LogP contribution is 2.19. The van der Waals surface area contributed by atoms with E-state index in [2.05, 4.69) is 10.3 Å². The molecule has 2 N–H and O–H groups in total. The van der Waals surface area contributed by atoms with Crippen LogP contribution in [0.5, 0.6) is 0 Å². The Bertz CT molecular complexity index is 457. The van der Waals surface area contributed by atoms with E-state index in [1.807, 2.05) is 10.8 Å². The number of carbonyl (C=O) groups excluding carboxylic acids is 1. The van der Waals surface area contributed by atoms with E-state index in [-0.39, 0.29) is 11.7 Å². The SMILES string of the molecule is O=C(O)CSc1nccn1CCCC(=O)NC1CC1. The summed E-state index contributed by atoms with van der Waals surface area (Å²) in [4.78, 5) is 26.1. The minimum absolute atomic E-state index is 0.000814. The largest absolute Gasteiger partial charge is 0.481 e. The molecule has 0 aliphatic heterocycles. The van der Waals surface area contributed by atoms with Crippen LogP contribution in [0.3, 0.4) is 0 Å². The first-order valence-corrected chi connectivity index (χ1v) is 7.29. The lowest BCUT2D eigenvalue weighted by Gasteiger charge is -2.07. The first-order chi connectivity index (χ1) is 9.15. The molecule has 7 heteroatoms. The summed E-state index contributed by atoms with van der Waals surface area (Å²) < 4.78 is 1.89. The molecule has 1 aromatic heterocycles. The van der Waals surface area contributed by atoms with E-state index < -0.39 is 5.97 Å². The molecule has 1 aliphatic carbocycles. The number of imidazole rings is 1. The molecular weight excluding hydrogens is 266 g/mol. The maximum absolute atomic E-state index is 11.5. The van der Waals surface area contributed by atoms with Gasteiger partial charge >= 0.3 is 5.97 Å². The maximum Gasteiger partial charge on any atom is 0.313 e. The molecule has 0 atom stereocenters. The van der Waals surface area contributed by atoms with Gasteiger partial charge in [-0.2, -0.15) is 0 Å². The van der Waals surface area contributed by atoms with E-state index in [4.69, 9.17) is 5.11 Å². The summed E-state index contributed by atoms with van der Waals surface area (Å²) in [5.41, 5.74) is 0. The van der Waals surface area contributed by atoms with Crippen molar-refractivity contribution in [3.05, 3.63) is 12.4 Å². The van der Waals surface area contributed by atoms with Gasteiger partial charge in [0.1, 0.15) is 0 Å². The molecule has 0 bridgehead atoms. The first-order valence-electron chi connectivity index (χ1n) is 6.30. The monoisotopic (exact) mass is 283 g/mol. The van der Waals surface area contributed by atoms with Gasteiger partial charge in [0, 0.05) is 31.4 Å². The van der Waals surface area contributed by atoms with Crippen molar-refractivity contribution in [2.24, 2.45) is 0 Å². The van der Waals surface area contributed by atoms with Gasteiger partial charge in [0.25, 0.3) is 0 Å². The van der Waals surface area contributed by atoms with E-state index >= 15 is 0 Å². The highest BCUT2D eigenvalue weighted by atomic mass is 32.2. The lowest BCUT2D eigenvalue weighted by molar-refractivity contribution is -0.134. The van der Waals surface area contributed by atoms with Crippen molar-refractivity contribution in [3.63, 3.8) is 0 Å². The Labute approximate surface area is 115 Å². The van der Waals surface area contributed by atoms with Gasteiger partial charge in [0.05, 0.1) is 5.75 Å². The molecule has 0 aromatic carbocycles. The summed E-state index contributed by atoms with van der Waals surface area (Å²) in [6, 6.07) is 0.405. The van der Waals surface area contributed by atoms with Crippen molar-refractivity contribution < 1.29 is 14.7 Å². The number of carboxylic acids is 1. The lowest BCUT2D eigenvalue weighted by atomic mass is 10.3. The molecule has 1 amide bonds. The van der Waals surface area contributed by atoms with Crippen LogP contribution in [0.2, 0.25) is 0 Å². The second kappa shape index (κ2) is 6.60. The third-order valence-electron chi connectivity index (χ3n) is 2.75. The molecule has 1 aliphatic rings. The third-order valence-corrected chi connectivity index (χ3v) is 3.74. The van der Waals surface area contributed by atoms with Crippen LogP contribution in [-0.4, -0.2) is 38.3 Å². The highest BCUT2D eigenvalue weighted by molar-refractivity contribution is 7.99. The number of nitrogens with one attached hydrogen (secondary N) is 1. The van der Waals surface area contributed by atoms with Gasteiger partial charge in [0.2, 0.25) is 5.91 Å². The summed E-state index contributed by atoms with van der Waals surface area (Å²) in [7, 11) is 0. The number of carboxylic acid groups (broad SMARTS) is 1. The Hall–Kier alpha value is -1.50. The van der Waals surface area contributed by atoms with Crippen molar-refractivity contribution in [3.8, 4) is 0 Å². The molecular formula is C12H17N3O3S. The normalized spacial score (nSPS) is 14.3. The van der Waals surface area contributed by atoms with Gasteiger partial charge in [0.15, 0.2) is 5.16 Å². The summed E-state index contributed by atoms with van der Waals surface area (Å²) >= 11 is 1.19. The Morgan fingerprint density at radius 1 is 1.53 bits per heavy atom. The van der Waals surface area contributed by atoms with Crippen LogP contribution >= 0.6 is 11.8 Å². The summed E-state index contributed by atoms with van der Waals surface area (Å²) in [6.07, 6.45) is 6.89. The van der Waals surface area contributed by atoms with Crippen molar-refractivity contribution in [2.45, 2.75) is 43.4 Å². The Morgan fingerprint density at radius 2 is 2.32 bits per heavy atom. The number of aryl methyl sites for hydroxylation is 1. The highest BCUT2D eigenvalue weighted by Gasteiger charge is 2.22. The Kier molecular flexibility index (Phi) is 4.84. The summed E-state index contributed by atoms with van der Waals surface area (Å²) in [6.45, 7) is 0.681. The third kappa shape index (κ3) is 4.94. The van der Waals surface area contributed by atoms with Crippen LogP contribution in [0.25, 0.3) is 0 Å². The van der Waals surface area contributed by atoms with Crippen LogP contribution in [-0.2, 0) is 16.1 Å². The minimum atomic E-state index is -0.858. The maximum atomic E-state index is 11.5. The molecule has 0 unspecified atom stereocenters. The number of hydrogen-bond donors (Lipinski definition) is 2. The van der Waals surface area contributed by atoms with Crippen molar-refractivity contribution in [1.82, 2.24) is 14.9 Å². The van der Waals surface area contributed by atoms with E-state index in [1.54, 1.807) is 6.20 Å². The van der Waals surface area contributed by atoms with Gasteiger partial charge in [-0.1, -0.05) is 11.8 Å². The molecule has 1 heterocycles. The van der Waals surface area contributed by atoms with Gasteiger partial charge in [-0.25, -0.2) is 4.98 Å². The zero-order valence-corrected chi connectivity index (χ0v) is 11.4. The predicted molar refractivity (Wildman–Crippen MR) is 71.0 cm³/mol. The van der Waals surface area contributed by atoms with Crippen molar-refractivity contribution >= 4 is 23.6 Å². The topological polar surface area (TPSA) is 84.2 Å². The summed E-state index contributed by atoms with van der Waals surface area (Å²) in [5.74, 6) is -0.759. The van der Waals surface area contributed by atoms with Crippen LogP contribution in [0, 0.1) is 0 Å². The first kappa shape index (κ1) is 13.9. The van der Waals surface area contributed by atoms with Crippen molar-refractivity contribution in [2.75, 3.05) is 5.75 Å². The molecule has 0 saturated heterocycles. The fraction of sp³-hybridized carbons (Fsp3) is 0.583. The lowest BCUT2D eigenvalue weighted by Crippen LogP contribution is -2.25. The van der Waals surface area contributed by atoms with Crippen LogP contribution in [0.15, 0.2) is 17.6 Å². The summed E-state index contributed by atoms with van der Waals surface area (Å²) in [5, 5.41) is 12.3. The van der Waals surface area contributed by atoms with Gasteiger partial charge in [-0.05, 0) is 19.3 Å². The van der Waals surface area contributed by atoms with Gasteiger partial charge in [-0.15, -0.1) is 0 Å². The quantitative estimate of drug-likeness (QED) is 0.698. The number of aliphatic carboxylic acids is 1. The molecule has 1 saturated carbocycles. The average Bonchev–Trinajstić information content (AvgIpc) is 3.05. The zero-order valence-electron chi connectivity index (χ0n) is 10.5. The molecule has 1 fully saturated rings. The fourth-order valence-corrected chi connectivity index (χ4v) is 2.38. The number of hydrogen-bond acceptors (Lipinski definition) is 4. The molecule has 0 spiro atoms. The molecule has 2 rings (SSSR count). The standard InChI is InChI=1S/C12H17N3O3S/c16-10(14-9-3-4-9)2-1-6-15-7-5-13-12(15)19-8-11(17)18/h5,7,9H,1-4,6,8H2,(H,14,16)(H,17,18). The number of aromatic nitrogens is 2. The fourth-order valence-electron chi connectivity index (χ4n) is 1.67. The molecule has 1 aromatic rings. The minimum Gasteiger partial charge on any atom is -0.481 e. The van der Waals surface area contributed by atoms with Crippen molar-refractivity contribution in [1.29, 1.82) is 0 Å². The second-order valence-electron chi connectivity index (χ2n) is 4.53. The van der Waals surface area contributed by atoms with E-state index in [1.165, 1.54) is 11.8 Å². The Balaban J connectivity index is 1.71. The van der Waals surface area contributed by atoms with Gasteiger partial charge in [-0.3, -0.25) is 9.59 Å². The van der Waals surface area contributed by atoms with Gasteiger partial charge < -0.3 is 15.0 Å². The molecule has 6 nitrogen and oxygen atoms in total. The van der Waals surface area contributed by atoms with Crippen LogP contribution in [0.4, 0.5) is 0 Å². The molecule has 0 radical (unpaired) electrons. The number of thioether (sulfide) groups is 1. The van der Waals surface area contributed by atoms with E-state index in [0.29, 0.717) is 24.2 Å². The van der Waals surface area contributed by atoms with E-state index in [9.17, 15) is 9.59 Å². The second-order valence-corrected chi connectivity index (χ2v) is 5.47. The molecule has 104 valence electrons. The average molecular weight is 283 g/mol. The van der Waals surface area contributed by atoms with E-state index in [0.717, 1.165) is 19.3 Å². The number of rotatable bonds is 8.